The van der Waals surface area contributed by atoms with Crippen molar-refractivity contribution >= 4 is 23.1 Å². The summed E-state index contributed by atoms with van der Waals surface area (Å²) in [7, 11) is 0. The Hall–Kier alpha value is -1.42. The number of carbonyl (C=O) groups excluding carboxylic acids is 1. The number of nitrogens with two attached hydrogens (primary N) is 1. The number of likely N-dealkylation sites (tertiary alicyclic amines) is 1. The second-order valence-electron chi connectivity index (χ2n) is 6.00. The quantitative estimate of drug-likeness (QED) is 0.871. The van der Waals surface area contributed by atoms with E-state index in [0.717, 1.165) is 24.2 Å². The molecule has 2 N–H and O–H groups in total. The number of nitrogens with zero attached hydrogens (tertiary/aromatic N) is 1. The van der Waals surface area contributed by atoms with Gasteiger partial charge in [-0.3, -0.25) is 4.79 Å². The molecule has 2 rings (SSSR count). The molecule has 1 aromatic rings. The summed E-state index contributed by atoms with van der Waals surface area (Å²) in [6.45, 7) is 6.14. The van der Waals surface area contributed by atoms with Gasteiger partial charge in [-0.15, -0.1) is 0 Å². The van der Waals surface area contributed by atoms with Crippen LogP contribution in [0.2, 0.25) is 0 Å². The summed E-state index contributed by atoms with van der Waals surface area (Å²) in [4.78, 5) is 14.9. The first-order valence-electron chi connectivity index (χ1n) is 7.12. The molecule has 20 heavy (non-hydrogen) atoms. The molecule has 1 aliphatic rings. The van der Waals surface area contributed by atoms with E-state index in [2.05, 4.69) is 13.8 Å². The molecule has 0 radical (unpaired) electrons. The highest BCUT2D eigenvalue weighted by atomic mass is 32.1. The first-order valence-corrected chi connectivity index (χ1v) is 7.53. The standard InChI is InChI=1S/C16H22N2OS/c1-11-7-12(2)10-18(9-11)16(19)14-5-3-13(4-6-14)8-15(17)20/h3-6,11-12H,7-10H2,1-2H3,(H2,17,20). The summed E-state index contributed by atoms with van der Waals surface area (Å²) < 4.78 is 0. The molecule has 0 aromatic heterocycles. The van der Waals surface area contributed by atoms with Crippen molar-refractivity contribution in [2.75, 3.05) is 13.1 Å². The van der Waals surface area contributed by atoms with Crippen molar-refractivity contribution in [1.82, 2.24) is 4.90 Å². The van der Waals surface area contributed by atoms with Gasteiger partial charge in [-0.2, -0.15) is 0 Å². The Kier molecular flexibility index (Phi) is 4.76. The Morgan fingerprint density at radius 2 is 1.80 bits per heavy atom. The topological polar surface area (TPSA) is 46.3 Å². The van der Waals surface area contributed by atoms with Crippen molar-refractivity contribution in [3.63, 3.8) is 0 Å². The van der Waals surface area contributed by atoms with Gasteiger partial charge < -0.3 is 10.6 Å². The first kappa shape index (κ1) is 15.0. The van der Waals surface area contributed by atoms with E-state index in [1.54, 1.807) is 0 Å². The molecule has 1 saturated heterocycles. The maximum Gasteiger partial charge on any atom is 0.253 e. The van der Waals surface area contributed by atoms with Gasteiger partial charge in [-0.1, -0.05) is 38.2 Å². The van der Waals surface area contributed by atoms with Gasteiger partial charge >= 0.3 is 0 Å². The third-order valence-corrected chi connectivity index (χ3v) is 3.88. The normalized spacial score (nSPS) is 22.6. The fraction of sp³-hybridized carbons (Fsp3) is 0.500. The predicted octanol–water partition coefficient (Wildman–Crippen LogP) is 2.63. The highest BCUT2D eigenvalue weighted by Gasteiger charge is 2.25. The van der Waals surface area contributed by atoms with E-state index in [1.807, 2.05) is 29.2 Å². The minimum atomic E-state index is 0.130. The average molecular weight is 290 g/mol. The lowest BCUT2D eigenvalue weighted by molar-refractivity contribution is 0.0623. The van der Waals surface area contributed by atoms with Crippen LogP contribution in [0.15, 0.2) is 24.3 Å². The average Bonchev–Trinajstić information content (AvgIpc) is 2.37. The van der Waals surface area contributed by atoms with Crippen molar-refractivity contribution in [3.8, 4) is 0 Å². The predicted molar refractivity (Wildman–Crippen MR) is 85.8 cm³/mol. The van der Waals surface area contributed by atoms with E-state index in [-0.39, 0.29) is 5.91 Å². The van der Waals surface area contributed by atoms with E-state index >= 15 is 0 Å². The highest BCUT2D eigenvalue weighted by Crippen LogP contribution is 2.22. The minimum absolute atomic E-state index is 0.130. The van der Waals surface area contributed by atoms with E-state index in [0.29, 0.717) is 23.2 Å². The summed E-state index contributed by atoms with van der Waals surface area (Å²) in [6.07, 6.45) is 1.79. The summed E-state index contributed by atoms with van der Waals surface area (Å²) in [6, 6.07) is 7.62. The van der Waals surface area contributed by atoms with Crippen LogP contribution in [0, 0.1) is 11.8 Å². The summed E-state index contributed by atoms with van der Waals surface area (Å²) >= 11 is 4.89. The molecular formula is C16H22N2OS. The van der Waals surface area contributed by atoms with Gasteiger partial charge in [0.25, 0.3) is 5.91 Å². The summed E-state index contributed by atoms with van der Waals surface area (Å²) in [5, 5.41) is 0. The highest BCUT2D eigenvalue weighted by molar-refractivity contribution is 7.80. The monoisotopic (exact) mass is 290 g/mol. The number of benzene rings is 1. The van der Waals surface area contributed by atoms with Gasteiger partial charge in [0.15, 0.2) is 0 Å². The Morgan fingerprint density at radius 1 is 1.25 bits per heavy atom. The lowest BCUT2D eigenvalue weighted by Crippen LogP contribution is -2.42. The van der Waals surface area contributed by atoms with Crippen molar-refractivity contribution in [1.29, 1.82) is 0 Å². The SMILES string of the molecule is CC1CC(C)CN(C(=O)c2ccc(CC(N)=S)cc2)C1. The molecule has 1 amide bonds. The molecule has 1 aromatic carbocycles. The minimum Gasteiger partial charge on any atom is -0.393 e. The van der Waals surface area contributed by atoms with Crippen LogP contribution in [0.5, 0.6) is 0 Å². The molecule has 2 unspecified atom stereocenters. The van der Waals surface area contributed by atoms with Crippen LogP contribution in [0.1, 0.15) is 36.2 Å². The number of hydrogen-bond acceptors (Lipinski definition) is 2. The molecule has 1 heterocycles. The smallest absolute Gasteiger partial charge is 0.253 e. The van der Waals surface area contributed by atoms with Crippen LogP contribution in [-0.2, 0) is 6.42 Å². The lowest BCUT2D eigenvalue weighted by Gasteiger charge is -2.35. The van der Waals surface area contributed by atoms with Gasteiger partial charge in [-0.25, -0.2) is 0 Å². The lowest BCUT2D eigenvalue weighted by atomic mass is 9.91. The van der Waals surface area contributed by atoms with Crippen molar-refractivity contribution in [2.45, 2.75) is 26.7 Å². The van der Waals surface area contributed by atoms with E-state index in [4.69, 9.17) is 18.0 Å². The van der Waals surface area contributed by atoms with Crippen LogP contribution < -0.4 is 5.73 Å². The summed E-state index contributed by atoms with van der Waals surface area (Å²) in [5.41, 5.74) is 7.32. The van der Waals surface area contributed by atoms with Gasteiger partial charge in [-0.05, 0) is 36.0 Å². The molecule has 0 bridgehead atoms. The third kappa shape index (κ3) is 3.79. The number of carbonyl (C=O) groups is 1. The Labute approximate surface area is 126 Å². The Balaban J connectivity index is 2.07. The summed E-state index contributed by atoms with van der Waals surface area (Å²) in [5.74, 6) is 1.29. The molecular weight excluding hydrogens is 268 g/mol. The van der Waals surface area contributed by atoms with Crippen molar-refractivity contribution < 1.29 is 4.79 Å². The molecule has 0 spiro atoms. The van der Waals surface area contributed by atoms with Gasteiger partial charge in [0, 0.05) is 25.1 Å². The Bertz CT molecular complexity index is 488. The fourth-order valence-corrected chi connectivity index (χ4v) is 3.14. The number of thiocarbonyl (C=S) groups is 1. The molecule has 1 aliphatic heterocycles. The molecule has 0 aliphatic carbocycles. The molecule has 1 fully saturated rings. The van der Waals surface area contributed by atoms with Crippen LogP contribution in [0.25, 0.3) is 0 Å². The second-order valence-corrected chi connectivity index (χ2v) is 6.52. The van der Waals surface area contributed by atoms with Crippen LogP contribution in [-0.4, -0.2) is 28.9 Å². The van der Waals surface area contributed by atoms with E-state index in [1.165, 1.54) is 6.42 Å². The zero-order valence-electron chi connectivity index (χ0n) is 12.1. The second kappa shape index (κ2) is 6.35. The van der Waals surface area contributed by atoms with Gasteiger partial charge in [0.1, 0.15) is 0 Å². The molecule has 4 heteroatoms. The van der Waals surface area contributed by atoms with E-state index < -0.39 is 0 Å². The van der Waals surface area contributed by atoms with Gasteiger partial charge in [0.2, 0.25) is 0 Å². The third-order valence-electron chi connectivity index (χ3n) is 3.74. The van der Waals surface area contributed by atoms with Gasteiger partial charge in [0.05, 0.1) is 4.99 Å². The maximum absolute atomic E-state index is 12.5. The maximum atomic E-state index is 12.5. The van der Waals surface area contributed by atoms with Crippen LogP contribution in [0.3, 0.4) is 0 Å². The fourth-order valence-electron chi connectivity index (χ4n) is 2.98. The molecule has 108 valence electrons. The van der Waals surface area contributed by atoms with Crippen molar-refractivity contribution in [2.24, 2.45) is 17.6 Å². The number of piperidine rings is 1. The molecule has 0 saturated carbocycles. The zero-order valence-corrected chi connectivity index (χ0v) is 13.0. The number of rotatable bonds is 3. The number of amides is 1. The van der Waals surface area contributed by atoms with E-state index in [9.17, 15) is 4.79 Å². The molecule has 2 atom stereocenters. The largest absolute Gasteiger partial charge is 0.393 e. The van der Waals surface area contributed by atoms with Crippen LogP contribution in [0.4, 0.5) is 0 Å². The molecule has 3 nitrogen and oxygen atoms in total. The Morgan fingerprint density at radius 3 is 2.30 bits per heavy atom. The first-order chi connectivity index (χ1) is 9.45. The van der Waals surface area contributed by atoms with Crippen molar-refractivity contribution in [3.05, 3.63) is 35.4 Å². The van der Waals surface area contributed by atoms with Crippen LogP contribution >= 0.6 is 12.2 Å². The zero-order chi connectivity index (χ0) is 14.7. The number of hydrogen-bond donors (Lipinski definition) is 1.